The van der Waals surface area contributed by atoms with E-state index < -0.39 is 0 Å². The summed E-state index contributed by atoms with van der Waals surface area (Å²) in [6.45, 7) is 2.07. The number of aromatic nitrogens is 5. The predicted octanol–water partition coefficient (Wildman–Crippen LogP) is 3.19. The van der Waals surface area contributed by atoms with Crippen molar-refractivity contribution in [3.05, 3.63) is 53.5 Å². The summed E-state index contributed by atoms with van der Waals surface area (Å²) in [5.74, 6) is 1.47. The van der Waals surface area contributed by atoms with E-state index in [0.29, 0.717) is 11.4 Å². The minimum absolute atomic E-state index is 0.0695. The first kappa shape index (κ1) is 14.6. The van der Waals surface area contributed by atoms with Crippen LogP contribution in [0.3, 0.4) is 0 Å². The molecule has 1 aliphatic heterocycles. The molecule has 2 aromatic heterocycles. The largest absolute Gasteiger partial charge is 0.314 e. The Hall–Kier alpha value is -2.98. The lowest BCUT2D eigenvalue weighted by atomic mass is 10.1. The van der Waals surface area contributed by atoms with Crippen molar-refractivity contribution in [2.24, 2.45) is 0 Å². The number of halogens is 1. The van der Waals surface area contributed by atoms with Gasteiger partial charge in [0.1, 0.15) is 12.0 Å². The number of nitrogens with zero attached hydrogens (tertiary/aromatic N) is 7. The van der Waals surface area contributed by atoms with E-state index in [1.54, 1.807) is 18.6 Å². The molecule has 0 saturated heterocycles. The Labute approximate surface area is 143 Å². The zero-order chi connectivity index (χ0) is 16.7. The van der Waals surface area contributed by atoms with Gasteiger partial charge in [-0.2, -0.15) is 10.2 Å². The summed E-state index contributed by atoms with van der Waals surface area (Å²) >= 11 is 6.04. The van der Waals surface area contributed by atoms with Gasteiger partial charge >= 0.3 is 0 Å². The van der Waals surface area contributed by atoms with E-state index in [1.165, 1.54) is 0 Å². The average molecular weight is 338 g/mol. The highest BCUT2D eigenvalue weighted by atomic mass is 35.5. The molecule has 0 aliphatic carbocycles. The highest BCUT2D eigenvalue weighted by Gasteiger charge is 2.34. The fourth-order valence-corrected chi connectivity index (χ4v) is 3.13. The number of anilines is 2. The quantitative estimate of drug-likeness (QED) is 0.668. The average Bonchev–Trinajstić information content (AvgIpc) is 3.09. The first-order valence-electron chi connectivity index (χ1n) is 7.45. The Morgan fingerprint density at radius 2 is 2.25 bits per heavy atom. The molecule has 118 valence electrons. The van der Waals surface area contributed by atoms with E-state index in [-0.39, 0.29) is 11.3 Å². The minimum Gasteiger partial charge on any atom is -0.314 e. The molecule has 0 saturated carbocycles. The predicted molar refractivity (Wildman–Crippen MR) is 88.3 cm³/mol. The second-order valence-corrected chi connectivity index (χ2v) is 5.70. The van der Waals surface area contributed by atoms with Gasteiger partial charge in [0.05, 0.1) is 23.9 Å². The van der Waals surface area contributed by atoms with E-state index in [1.807, 2.05) is 27.7 Å². The van der Waals surface area contributed by atoms with Crippen molar-refractivity contribution in [3.63, 3.8) is 0 Å². The van der Waals surface area contributed by atoms with Crippen LogP contribution < -0.4 is 4.90 Å². The smallest absolute Gasteiger partial charge is 0.224 e. The zero-order valence-electron chi connectivity index (χ0n) is 12.8. The summed E-state index contributed by atoms with van der Waals surface area (Å²) in [7, 11) is 0. The summed E-state index contributed by atoms with van der Waals surface area (Å²) in [5, 5.41) is 17.7. The molecule has 0 bridgehead atoms. The van der Waals surface area contributed by atoms with Crippen molar-refractivity contribution in [2.75, 3.05) is 4.90 Å². The minimum atomic E-state index is -0.0695. The molecular weight excluding hydrogens is 326 g/mol. The van der Waals surface area contributed by atoms with Crippen LogP contribution in [-0.2, 0) is 0 Å². The zero-order valence-corrected chi connectivity index (χ0v) is 13.5. The van der Waals surface area contributed by atoms with Crippen molar-refractivity contribution in [2.45, 2.75) is 19.4 Å². The molecule has 1 unspecified atom stereocenters. The number of benzene rings is 1. The van der Waals surface area contributed by atoms with Crippen LogP contribution in [0.2, 0.25) is 5.28 Å². The van der Waals surface area contributed by atoms with Crippen molar-refractivity contribution >= 4 is 23.1 Å². The molecule has 3 heterocycles. The summed E-state index contributed by atoms with van der Waals surface area (Å²) in [6, 6.07) is 9.49. The summed E-state index contributed by atoms with van der Waals surface area (Å²) < 4.78 is 1.88. The fraction of sp³-hybridized carbons (Fsp3) is 0.188. The molecule has 0 spiro atoms. The number of fused-ring (bicyclic) bond motifs is 3. The molecule has 0 N–H and O–H groups in total. The van der Waals surface area contributed by atoms with Gasteiger partial charge in [-0.15, -0.1) is 10.2 Å². The van der Waals surface area contributed by atoms with Gasteiger partial charge in [0.15, 0.2) is 11.6 Å². The summed E-state index contributed by atoms with van der Waals surface area (Å²) in [5.41, 5.74) is 2.19. The second kappa shape index (κ2) is 5.58. The first-order valence-corrected chi connectivity index (χ1v) is 7.83. The SMILES string of the molecule is CCC1c2nncn2-c2cnc(Cl)nc2N1c1cccc(C#N)c1. The van der Waals surface area contributed by atoms with Gasteiger partial charge in [-0.3, -0.25) is 4.57 Å². The lowest BCUT2D eigenvalue weighted by Gasteiger charge is -2.36. The lowest BCUT2D eigenvalue weighted by molar-refractivity contribution is 0.589. The highest BCUT2D eigenvalue weighted by molar-refractivity contribution is 6.28. The molecule has 1 aromatic carbocycles. The van der Waals surface area contributed by atoms with E-state index in [2.05, 4.69) is 33.2 Å². The Morgan fingerprint density at radius 3 is 3.04 bits per heavy atom. The molecular formula is C16H12ClN7. The normalized spacial score (nSPS) is 15.5. The monoisotopic (exact) mass is 337 g/mol. The van der Waals surface area contributed by atoms with E-state index in [4.69, 9.17) is 11.6 Å². The molecule has 8 heteroatoms. The van der Waals surface area contributed by atoms with Crippen LogP contribution in [0.25, 0.3) is 5.69 Å². The third-order valence-corrected chi connectivity index (χ3v) is 4.21. The van der Waals surface area contributed by atoms with Crippen LogP contribution in [0.15, 0.2) is 36.8 Å². The first-order chi connectivity index (χ1) is 11.7. The summed E-state index contributed by atoms with van der Waals surface area (Å²) in [6.07, 6.45) is 4.10. The van der Waals surface area contributed by atoms with E-state index in [9.17, 15) is 5.26 Å². The molecule has 1 aliphatic rings. The maximum atomic E-state index is 9.21. The van der Waals surface area contributed by atoms with Crippen molar-refractivity contribution < 1.29 is 0 Å². The van der Waals surface area contributed by atoms with Gasteiger partial charge in [-0.1, -0.05) is 13.0 Å². The lowest BCUT2D eigenvalue weighted by Crippen LogP contribution is -2.32. The topological polar surface area (TPSA) is 83.5 Å². The number of nitriles is 1. The Morgan fingerprint density at radius 1 is 1.38 bits per heavy atom. The van der Waals surface area contributed by atoms with E-state index in [0.717, 1.165) is 23.6 Å². The maximum Gasteiger partial charge on any atom is 0.224 e. The van der Waals surface area contributed by atoms with Crippen LogP contribution in [-0.4, -0.2) is 24.7 Å². The third kappa shape index (κ3) is 2.12. The van der Waals surface area contributed by atoms with Crippen LogP contribution in [0.4, 0.5) is 11.5 Å². The molecule has 0 fully saturated rings. The van der Waals surface area contributed by atoms with Gasteiger partial charge in [0, 0.05) is 5.69 Å². The van der Waals surface area contributed by atoms with Gasteiger partial charge in [0.2, 0.25) is 5.28 Å². The maximum absolute atomic E-state index is 9.21. The van der Waals surface area contributed by atoms with Crippen molar-refractivity contribution in [1.82, 2.24) is 24.7 Å². The number of rotatable bonds is 2. The van der Waals surface area contributed by atoms with Crippen LogP contribution in [0.1, 0.15) is 30.8 Å². The van der Waals surface area contributed by atoms with Crippen molar-refractivity contribution in [3.8, 4) is 11.8 Å². The molecule has 4 rings (SSSR count). The Balaban J connectivity index is 1.99. The molecule has 1 atom stereocenters. The fourth-order valence-electron chi connectivity index (χ4n) is 3.01. The van der Waals surface area contributed by atoms with Gasteiger partial charge in [0.25, 0.3) is 0 Å². The molecule has 24 heavy (non-hydrogen) atoms. The second-order valence-electron chi connectivity index (χ2n) is 5.36. The highest BCUT2D eigenvalue weighted by Crippen LogP contribution is 2.42. The van der Waals surface area contributed by atoms with Crippen LogP contribution >= 0.6 is 11.6 Å². The van der Waals surface area contributed by atoms with Crippen LogP contribution in [0, 0.1) is 11.3 Å². The van der Waals surface area contributed by atoms with Gasteiger partial charge in [-0.05, 0) is 36.2 Å². The molecule has 7 nitrogen and oxygen atoms in total. The number of hydrogen-bond acceptors (Lipinski definition) is 6. The number of hydrogen-bond donors (Lipinski definition) is 0. The molecule has 0 amide bonds. The van der Waals surface area contributed by atoms with Gasteiger partial charge in [-0.25, -0.2) is 4.98 Å². The summed E-state index contributed by atoms with van der Waals surface area (Å²) in [4.78, 5) is 10.5. The molecule has 0 radical (unpaired) electrons. The Kier molecular flexibility index (Phi) is 3.40. The van der Waals surface area contributed by atoms with E-state index >= 15 is 0 Å². The Bertz CT molecular complexity index is 959. The third-order valence-electron chi connectivity index (χ3n) is 4.03. The van der Waals surface area contributed by atoms with Crippen molar-refractivity contribution in [1.29, 1.82) is 5.26 Å². The molecule has 3 aromatic rings. The van der Waals surface area contributed by atoms with Crippen LogP contribution in [0.5, 0.6) is 0 Å². The van der Waals surface area contributed by atoms with Gasteiger partial charge < -0.3 is 4.90 Å². The standard InChI is InChI=1S/C16H12ClN7/c1-2-12-15-22-20-9-23(15)13-8-19-16(17)21-14(13)24(12)11-5-3-4-10(6-11)7-18/h3-6,8-9,12H,2H2,1H3.